The van der Waals surface area contributed by atoms with Crippen LogP contribution >= 0.6 is 0 Å². The Kier molecular flexibility index (Phi) is 3.03. The molecule has 0 amide bonds. The van der Waals surface area contributed by atoms with Gasteiger partial charge in [-0.1, -0.05) is 30.3 Å². The molecule has 3 aromatic rings. The van der Waals surface area contributed by atoms with Crippen molar-refractivity contribution in [3.8, 4) is 11.1 Å². The van der Waals surface area contributed by atoms with Crippen molar-refractivity contribution >= 4 is 16.5 Å². The molecule has 0 bridgehead atoms. The van der Waals surface area contributed by atoms with E-state index in [1.807, 2.05) is 49.6 Å². The Morgan fingerprint density at radius 1 is 1.00 bits per heavy atom. The van der Waals surface area contributed by atoms with E-state index in [9.17, 15) is 4.79 Å². The number of aryl methyl sites for hydroxylation is 1. The zero-order chi connectivity index (χ0) is 14.1. The van der Waals surface area contributed by atoms with Crippen molar-refractivity contribution in [2.24, 2.45) is 7.05 Å². The van der Waals surface area contributed by atoms with E-state index >= 15 is 0 Å². The standard InChI is InChI=1S/C17H16N2O/c1-18-13-8-9-14-15(10-13)16(11-19(2)17(14)20)12-6-4-3-5-7-12/h3-11,18H,1-2H3. The zero-order valence-electron chi connectivity index (χ0n) is 11.6. The Morgan fingerprint density at radius 3 is 2.45 bits per heavy atom. The van der Waals surface area contributed by atoms with Gasteiger partial charge in [0, 0.05) is 36.9 Å². The van der Waals surface area contributed by atoms with E-state index < -0.39 is 0 Å². The van der Waals surface area contributed by atoms with Crippen molar-refractivity contribution in [3.63, 3.8) is 0 Å². The Morgan fingerprint density at radius 2 is 1.75 bits per heavy atom. The Hall–Kier alpha value is -2.55. The molecule has 0 radical (unpaired) electrons. The fraction of sp³-hybridized carbons (Fsp3) is 0.118. The lowest BCUT2D eigenvalue weighted by Gasteiger charge is -2.11. The molecular weight excluding hydrogens is 248 g/mol. The number of hydrogen-bond donors (Lipinski definition) is 1. The molecule has 1 heterocycles. The second kappa shape index (κ2) is 4.85. The van der Waals surface area contributed by atoms with Gasteiger partial charge in [0.25, 0.3) is 5.56 Å². The smallest absolute Gasteiger partial charge is 0.258 e. The number of nitrogens with one attached hydrogen (secondary N) is 1. The molecule has 100 valence electrons. The molecule has 0 aliphatic heterocycles. The molecule has 2 aromatic carbocycles. The van der Waals surface area contributed by atoms with Crippen molar-refractivity contribution < 1.29 is 0 Å². The summed E-state index contributed by atoms with van der Waals surface area (Å²) in [5.74, 6) is 0. The first-order valence-electron chi connectivity index (χ1n) is 6.57. The second-order valence-corrected chi connectivity index (χ2v) is 4.84. The summed E-state index contributed by atoms with van der Waals surface area (Å²) in [6.45, 7) is 0. The molecule has 3 nitrogen and oxygen atoms in total. The van der Waals surface area contributed by atoms with E-state index in [0.29, 0.717) is 0 Å². The maximum atomic E-state index is 12.3. The van der Waals surface area contributed by atoms with Gasteiger partial charge >= 0.3 is 0 Å². The van der Waals surface area contributed by atoms with E-state index in [-0.39, 0.29) is 5.56 Å². The van der Waals surface area contributed by atoms with Crippen LogP contribution in [0.25, 0.3) is 21.9 Å². The van der Waals surface area contributed by atoms with Gasteiger partial charge in [0.05, 0.1) is 0 Å². The monoisotopic (exact) mass is 264 g/mol. The summed E-state index contributed by atoms with van der Waals surface area (Å²) in [7, 11) is 3.67. The van der Waals surface area contributed by atoms with Crippen LogP contribution in [0.15, 0.2) is 59.5 Å². The number of benzene rings is 2. The Bertz CT molecular complexity index is 820. The van der Waals surface area contributed by atoms with E-state index in [2.05, 4.69) is 17.4 Å². The zero-order valence-corrected chi connectivity index (χ0v) is 11.6. The van der Waals surface area contributed by atoms with Gasteiger partial charge in [0.15, 0.2) is 0 Å². The maximum absolute atomic E-state index is 12.3. The summed E-state index contributed by atoms with van der Waals surface area (Å²) in [5.41, 5.74) is 3.21. The lowest BCUT2D eigenvalue weighted by molar-refractivity contribution is 0.875. The number of anilines is 1. The van der Waals surface area contributed by atoms with Gasteiger partial charge in [-0.05, 0) is 29.1 Å². The minimum Gasteiger partial charge on any atom is -0.388 e. The molecule has 3 heteroatoms. The third-order valence-electron chi connectivity index (χ3n) is 3.56. The van der Waals surface area contributed by atoms with Gasteiger partial charge in [-0.3, -0.25) is 4.79 Å². The second-order valence-electron chi connectivity index (χ2n) is 4.84. The van der Waals surface area contributed by atoms with Crippen LogP contribution in [0.4, 0.5) is 5.69 Å². The van der Waals surface area contributed by atoms with E-state index in [0.717, 1.165) is 27.6 Å². The third-order valence-corrected chi connectivity index (χ3v) is 3.56. The molecule has 0 atom stereocenters. The van der Waals surface area contributed by atoms with Crippen LogP contribution in [0.3, 0.4) is 0 Å². The summed E-state index contributed by atoms with van der Waals surface area (Å²) >= 11 is 0. The number of fused-ring (bicyclic) bond motifs is 1. The third kappa shape index (κ3) is 1.97. The molecule has 0 saturated heterocycles. The quantitative estimate of drug-likeness (QED) is 0.771. The first-order valence-corrected chi connectivity index (χ1v) is 6.57. The average molecular weight is 264 g/mol. The SMILES string of the molecule is CNc1ccc2c(=O)n(C)cc(-c3ccccc3)c2c1. The van der Waals surface area contributed by atoms with E-state index in [4.69, 9.17) is 0 Å². The van der Waals surface area contributed by atoms with Crippen molar-refractivity contribution in [3.05, 3.63) is 65.1 Å². The fourth-order valence-corrected chi connectivity index (χ4v) is 2.47. The normalized spacial score (nSPS) is 10.7. The average Bonchev–Trinajstić information content (AvgIpc) is 2.51. The topological polar surface area (TPSA) is 34.0 Å². The molecule has 3 rings (SSSR count). The first kappa shape index (κ1) is 12.5. The van der Waals surface area contributed by atoms with Gasteiger partial charge < -0.3 is 9.88 Å². The molecule has 0 spiro atoms. The van der Waals surface area contributed by atoms with Crippen LogP contribution in [-0.2, 0) is 7.05 Å². The summed E-state index contributed by atoms with van der Waals surface area (Å²) < 4.78 is 1.64. The number of hydrogen-bond acceptors (Lipinski definition) is 2. The molecule has 0 aliphatic carbocycles. The highest BCUT2D eigenvalue weighted by Crippen LogP contribution is 2.28. The summed E-state index contributed by atoms with van der Waals surface area (Å²) in [6.07, 6.45) is 1.90. The minimum atomic E-state index is 0.0299. The lowest BCUT2D eigenvalue weighted by Crippen LogP contribution is -2.16. The van der Waals surface area contributed by atoms with Crippen LogP contribution in [0.2, 0.25) is 0 Å². The molecule has 0 unspecified atom stereocenters. The number of rotatable bonds is 2. The molecule has 1 N–H and O–H groups in total. The van der Waals surface area contributed by atoms with Gasteiger partial charge in [0.1, 0.15) is 0 Å². The highest BCUT2D eigenvalue weighted by molar-refractivity contribution is 5.97. The highest BCUT2D eigenvalue weighted by Gasteiger charge is 2.09. The van der Waals surface area contributed by atoms with E-state index in [1.54, 1.807) is 11.6 Å². The van der Waals surface area contributed by atoms with Crippen LogP contribution in [0, 0.1) is 0 Å². The van der Waals surface area contributed by atoms with Crippen LogP contribution < -0.4 is 10.9 Å². The molecule has 0 aliphatic rings. The van der Waals surface area contributed by atoms with Crippen molar-refractivity contribution in [2.45, 2.75) is 0 Å². The Balaban J connectivity index is 2.42. The fourth-order valence-electron chi connectivity index (χ4n) is 2.47. The molecule has 0 saturated carbocycles. The molecule has 1 aromatic heterocycles. The van der Waals surface area contributed by atoms with Crippen LogP contribution in [-0.4, -0.2) is 11.6 Å². The first-order chi connectivity index (χ1) is 9.70. The Labute approximate surface area is 117 Å². The van der Waals surface area contributed by atoms with Crippen molar-refractivity contribution in [1.82, 2.24) is 4.57 Å². The van der Waals surface area contributed by atoms with Gasteiger partial charge in [0.2, 0.25) is 0 Å². The van der Waals surface area contributed by atoms with Crippen molar-refractivity contribution in [2.75, 3.05) is 12.4 Å². The maximum Gasteiger partial charge on any atom is 0.258 e. The molecular formula is C17H16N2O. The van der Waals surface area contributed by atoms with Crippen LogP contribution in [0.5, 0.6) is 0 Å². The predicted molar refractivity (Wildman–Crippen MR) is 84.2 cm³/mol. The summed E-state index contributed by atoms with van der Waals surface area (Å²) in [4.78, 5) is 12.3. The summed E-state index contributed by atoms with van der Waals surface area (Å²) in [6, 6.07) is 16.0. The van der Waals surface area contributed by atoms with Gasteiger partial charge in [-0.25, -0.2) is 0 Å². The minimum absolute atomic E-state index is 0.0299. The van der Waals surface area contributed by atoms with Gasteiger partial charge in [-0.15, -0.1) is 0 Å². The number of aromatic nitrogens is 1. The molecule has 20 heavy (non-hydrogen) atoms. The van der Waals surface area contributed by atoms with Crippen LogP contribution in [0.1, 0.15) is 0 Å². The largest absolute Gasteiger partial charge is 0.388 e. The van der Waals surface area contributed by atoms with Gasteiger partial charge in [-0.2, -0.15) is 0 Å². The number of nitrogens with zero attached hydrogens (tertiary/aromatic N) is 1. The van der Waals surface area contributed by atoms with E-state index in [1.165, 1.54) is 0 Å². The number of pyridine rings is 1. The predicted octanol–water partition coefficient (Wildman–Crippen LogP) is 3.25. The van der Waals surface area contributed by atoms with Crippen molar-refractivity contribution in [1.29, 1.82) is 0 Å². The lowest BCUT2D eigenvalue weighted by atomic mass is 10.0. The highest BCUT2D eigenvalue weighted by atomic mass is 16.1. The molecule has 0 fully saturated rings. The summed E-state index contributed by atoms with van der Waals surface area (Å²) in [5, 5.41) is 4.84.